The Kier molecular flexibility index (Phi) is 6.98. The Morgan fingerprint density at radius 3 is 2.79 bits per heavy atom. The van der Waals surface area contributed by atoms with Crippen molar-refractivity contribution in [1.29, 1.82) is 0 Å². The second kappa shape index (κ2) is 9.64. The van der Waals surface area contributed by atoms with E-state index in [1.807, 2.05) is 31.2 Å². The summed E-state index contributed by atoms with van der Waals surface area (Å²) in [6.07, 6.45) is 6.19. The number of benzene rings is 1. The maximum absolute atomic E-state index is 12.9. The van der Waals surface area contributed by atoms with Crippen LogP contribution in [-0.2, 0) is 6.54 Å². The Balaban J connectivity index is 1.77. The standard InChI is InChI=1S/C22H30N4O2/c1-4-12-26-13-6-5-7-20(26)21-19(15-23-16(2)25-21)22(27)24-14-17-8-10-18(28-3)11-9-17/h8-11,15,20H,4-7,12-14H2,1-3H3,(H,24,27)/t20-/m0/s1. The first-order valence-electron chi connectivity index (χ1n) is 10.1. The number of likely N-dealkylation sites (tertiary alicyclic amines) is 1. The highest BCUT2D eigenvalue weighted by molar-refractivity contribution is 5.95. The Morgan fingerprint density at radius 2 is 2.07 bits per heavy atom. The van der Waals surface area contributed by atoms with Gasteiger partial charge in [-0.05, 0) is 57.0 Å². The molecule has 1 saturated heterocycles. The molecule has 1 amide bonds. The Morgan fingerprint density at radius 1 is 1.29 bits per heavy atom. The van der Waals surface area contributed by atoms with Crippen LogP contribution in [0.5, 0.6) is 5.75 Å². The van der Waals surface area contributed by atoms with Gasteiger partial charge in [-0.3, -0.25) is 9.69 Å². The van der Waals surface area contributed by atoms with Crippen molar-refractivity contribution in [2.24, 2.45) is 0 Å². The number of carbonyl (C=O) groups excluding carboxylic acids is 1. The number of hydrogen-bond donors (Lipinski definition) is 1. The second-order valence-electron chi connectivity index (χ2n) is 7.29. The molecular weight excluding hydrogens is 352 g/mol. The molecular formula is C22H30N4O2. The highest BCUT2D eigenvalue weighted by Gasteiger charge is 2.28. The highest BCUT2D eigenvalue weighted by atomic mass is 16.5. The largest absolute Gasteiger partial charge is 0.497 e. The number of carbonyl (C=O) groups is 1. The van der Waals surface area contributed by atoms with Gasteiger partial charge in [0, 0.05) is 12.7 Å². The fraction of sp³-hybridized carbons (Fsp3) is 0.500. The molecule has 150 valence electrons. The molecule has 1 aliphatic rings. The van der Waals surface area contributed by atoms with Crippen molar-refractivity contribution in [2.75, 3.05) is 20.2 Å². The van der Waals surface area contributed by atoms with Gasteiger partial charge in [0.05, 0.1) is 24.4 Å². The summed E-state index contributed by atoms with van der Waals surface area (Å²) in [6, 6.07) is 7.89. The van der Waals surface area contributed by atoms with Gasteiger partial charge >= 0.3 is 0 Å². The number of nitrogens with one attached hydrogen (secondary N) is 1. The van der Waals surface area contributed by atoms with Crippen molar-refractivity contribution in [3.8, 4) is 5.75 Å². The summed E-state index contributed by atoms with van der Waals surface area (Å²) in [7, 11) is 1.64. The van der Waals surface area contributed by atoms with Crippen LogP contribution in [0.1, 0.15) is 66.1 Å². The maximum atomic E-state index is 12.9. The molecule has 1 aromatic heterocycles. The molecule has 0 saturated carbocycles. The van der Waals surface area contributed by atoms with Crippen LogP contribution in [-0.4, -0.2) is 41.0 Å². The number of ether oxygens (including phenoxy) is 1. The van der Waals surface area contributed by atoms with Gasteiger partial charge in [0.2, 0.25) is 0 Å². The van der Waals surface area contributed by atoms with E-state index in [2.05, 4.69) is 22.1 Å². The zero-order valence-corrected chi connectivity index (χ0v) is 17.1. The molecule has 28 heavy (non-hydrogen) atoms. The van der Waals surface area contributed by atoms with Gasteiger partial charge in [0.15, 0.2) is 0 Å². The molecule has 2 heterocycles. The first kappa shape index (κ1) is 20.3. The first-order valence-corrected chi connectivity index (χ1v) is 10.1. The van der Waals surface area contributed by atoms with Gasteiger partial charge in [-0.1, -0.05) is 25.5 Å². The number of amides is 1. The van der Waals surface area contributed by atoms with Crippen molar-refractivity contribution in [2.45, 2.75) is 52.1 Å². The summed E-state index contributed by atoms with van der Waals surface area (Å²) in [6.45, 7) is 6.63. The number of hydrogen-bond acceptors (Lipinski definition) is 5. The zero-order valence-electron chi connectivity index (χ0n) is 17.1. The summed E-state index contributed by atoms with van der Waals surface area (Å²) in [5.41, 5.74) is 2.48. The van der Waals surface area contributed by atoms with E-state index < -0.39 is 0 Å². The monoisotopic (exact) mass is 382 g/mol. The molecule has 1 aliphatic heterocycles. The van der Waals surface area contributed by atoms with Crippen LogP contribution in [0, 0.1) is 6.92 Å². The minimum absolute atomic E-state index is 0.118. The number of nitrogens with zero attached hydrogens (tertiary/aromatic N) is 3. The van der Waals surface area contributed by atoms with E-state index in [0.29, 0.717) is 17.9 Å². The average molecular weight is 383 g/mol. The molecule has 0 radical (unpaired) electrons. The summed E-state index contributed by atoms with van der Waals surface area (Å²) in [4.78, 5) is 24.4. The molecule has 0 bridgehead atoms. The van der Waals surface area contributed by atoms with E-state index in [1.54, 1.807) is 13.3 Å². The molecule has 1 fully saturated rings. The third kappa shape index (κ3) is 4.87. The summed E-state index contributed by atoms with van der Waals surface area (Å²) < 4.78 is 5.18. The summed E-state index contributed by atoms with van der Waals surface area (Å²) in [5.74, 6) is 1.40. The van der Waals surface area contributed by atoms with Gasteiger partial charge in [0.25, 0.3) is 5.91 Å². The lowest BCUT2D eigenvalue weighted by Gasteiger charge is -2.35. The molecule has 1 N–H and O–H groups in total. The van der Waals surface area contributed by atoms with Crippen LogP contribution in [0.25, 0.3) is 0 Å². The lowest BCUT2D eigenvalue weighted by Crippen LogP contribution is -2.36. The van der Waals surface area contributed by atoms with Crippen LogP contribution in [0.2, 0.25) is 0 Å². The molecule has 2 aromatic rings. The van der Waals surface area contributed by atoms with Gasteiger partial charge in [-0.15, -0.1) is 0 Å². The van der Waals surface area contributed by atoms with Crippen LogP contribution < -0.4 is 10.1 Å². The van der Waals surface area contributed by atoms with E-state index in [9.17, 15) is 4.79 Å². The fourth-order valence-electron chi connectivity index (χ4n) is 3.79. The number of aromatic nitrogens is 2. The number of rotatable bonds is 7. The maximum Gasteiger partial charge on any atom is 0.255 e. The van der Waals surface area contributed by atoms with Crippen LogP contribution in [0.4, 0.5) is 0 Å². The number of methoxy groups -OCH3 is 1. The van der Waals surface area contributed by atoms with Gasteiger partial charge in [-0.2, -0.15) is 0 Å². The van der Waals surface area contributed by atoms with Crippen molar-refractivity contribution in [3.05, 3.63) is 53.1 Å². The van der Waals surface area contributed by atoms with Crippen molar-refractivity contribution < 1.29 is 9.53 Å². The molecule has 3 rings (SSSR count). The van der Waals surface area contributed by atoms with E-state index >= 15 is 0 Å². The minimum Gasteiger partial charge on any atom is -0.497 e. The number of piperidine rings is 1. The Bertz CT molecular complexity index is 790. The zero-order chi connectivity index (χ0) is 19.9. The van der Waals surface area contributed by atoms with Crippen LogP contribution >= 0.6 is 0 Å². The molecule has 0 spiro atoms. The van der Waals surface area contributed by atoms with Gasteiger partial charge in [-0.25, -0.2) is 9.97 Å². The number of aryl methyl sites for hydroxylation is 1. The van der Waals surface area contributed by atoms with Crippen molar-refractivity contribution in [1.82, 2.24) is 20.2 Å². The van der Waals surface area contributed by atoms with E-state index in [0.717, 1.165) is 42.9 Å². The first-order chi connectivity index (χ1) is 13.6. The average Bonchev–Trinajstić information content (AvgIpc) is 2.73. The van der Waals surface area contributed by atoms with Crippen LogP contribution in [0.15, 0.2) is 30.5 Å². The Labute approximate surface area is 167 Å². The normalized spacial score (nSPS) is 17.3. The smallest absolute Gasteiger partial charge is 0.255 e. The lowest BCUT2D eigenvalue weighted by molar-refractivity contribution is 0.0940. The van der Waals surface area contributed by atoms with Gasteiger partial charge in [0.1, 0.15) is 11.6 Å². The second-order valence-corrected chi connectivity index (χ2v) is 7.29. The SMILES string of the molecule is CCCN1CCCC[C@H]1c1nc(C)ncc1C(=O)NCc1ccc(OC)cc1. The fourth-order valence-corrected chi connectivity index (χ4v) is 3.79. The predicted molar refractivity (Wildman–Crippen MR) is 109 cm³/mol. The molecule has 0 aliphatic carbocycles. The third-order valence-electron chi connectivity index (χ3n) is 5.24. The third-order valence-corrected chi connectivity index (χ3v) is 5.24. The quantitative estimate of drug-likeness (QED) is 0.791. The minimum atomic E-state index is -0.118. The molecule has 6 heteroatoms. The molecule has 1 aromatic carbocycles. The van der Waals surface area contributed by atoms with Crippen LogP contribution in [0.3, 0.4) is 0 Å². The lowest BCUT2D eigenvalue weighted by atomic mass is 9.96. The summed E-state index contributed by atoms with van der Waals surface area (Å²) in [5, 5.41) is 3.02. The predicted octanol–water partition coefficient (Wildman–Crippen LogP) is 3.66. The van der Waals surface area contributed by atoms with Crippen molar-refractivity contribution >= 4 is 5.91 Å². The van der Waals surface area contributed by atoms with E-state index in [4.69, 9.17) is 9.72 Å². The topological polar surface area (TPSA) is 67.4 Å². The highest BCUT2D eigenvalue weighted by Crippen LogP contribution is 2.31. The van der Waals surface area contributed by atoms with E-state index in [-0.39, 0.29) is 11.9 Å². The molecule has 1 atom stereocenters. The summed E-state index contributed by atoms with van der Waals surface area (Å²) >= 11 is 0. The van der Waals surface area contributed by atoms with E-state index in [1.165, 1.54) is 12.8 Å². The van der Waals surface area contributed by atoms with Crippen molar-refractivity contribution in [3.63, 3.8) is 0 Å². The Hall–Kier alpha value is -2.47. The molecule has 6 nitrogen and oxygen atoms in total. The van der Waals surface area contributed by atoms with Gasteiger partial charge < -0.3 is 10.1 Å². The molecule has 0 unspecified atom stereocenters.